The van der Waals surface area contributed by atoms with Crippen molar-refractivity contribution in [3.8, 4) is 22.3 Å². The Kier molecular flexibility index (Phi) is 13.1. The Morgan fingerprint density at radius 1 is 0.573 bits per heavy atom. The second-order valence-corrected chi connectivity index (χ2v) is 22.0. The average molecular weight is 1400 g/mol. The number of alkyl halides is 6. The molecule has 6 aromatic carbocycles. The van der Waals surface area contributed by atoms with Gasteiger partial charge in [-0.2, -0.15) is 36.3 Å². The summed E-state index contributed by atoms with van der Waals surface area (Å²) in [6, 6.07) is -8.36. The van der Waals surface area contributed by atoms with Gasteiger partial charge in [0, 0.05) is 96.5 Å². The van der Waals surface area contributed by atoms with Crippen LogP contribution in [-0.2, 0) is 85.0 Å². The summed E-state index contributed by atoms with van der Waals surface area (Å²) in [6.45, 7) is -15.5. The number of likely N-dealkylation sites (N-methyl/N-ethyl adjacent to an activating group) is 2. The molecule has 0 saturated carbocycles. The predicted octanol–water partition coefficient (Wildman–Crippen LogP) is 15.0. The number of hydrogen-bond acceptors (Lipinski definition) is 10. The van der Waals surface area contributed by atoms with E-state index < -0.39 is 306 Å². The molecule has 2 heterocycles. The smallest absolute Gasteiger partial charge is 0.336 e. The maximum Gasteiger partial charge on any atom is 0.416 e. The van der Waals surface area contributed by atoms with E-state index in [4.69, 9.17) is 43.9 Å². The highest BCUT2D eigenvalue weighted by atomic mass is 32.2. The summed E-state index contributed by atoms with van der Waals surface area (Å²) in [5.74, 6) is -9.49. The normalized spacial score (nSPS) is 22.0. The van der Waals surface area contributed by atoms with Crippen molar-refractivity contribution < 1.29 is 94.1 Å². The van der Waals surface area contributed by atoms with Crippen LogP contribution in [0.5, 0.6) is 0 Å². The van der Waals surface area contributed by atoms with E-state index in [-0.39, 0.29) is 69.7 Å². The fourth-order valence-corrected chi connectivity index (χ4v) is 10.6. The van der Waals surface area contributed by atoms with Crippen molar-refractivity contribution in [3.05, 3.63) is 233 Å². The summed E-state index contributed by atoms with van der Waals surface area (Å²) >= 11 is -0.434. The fraction of sp³-hybridized carbons (Fsp3) is 0.378. The summed E-state index contributed by atoms with van der Waals surface area (Å²) in [7, 11) is 0. The number of halogens is 8. The van der Waals surface area contributed by atoms with Gasteiger partial charge in [0.2, 0.25) is 11.8 Å². The first kappa shape index (κ1) is 38.3. The van der Waals surface area contributed by atoms with Crippen LogP contribution in [0.3, 0.4) is 0 Å². The molecule has 2 aromatic heterocycles. The van der Waals surface area contributed by atoms with Gasteiger partial charge < -0.3 is 28.7 Å². The van der Waals surface area contributed by atoms with Crippen molar-refractivity contribution in [2.24, 2.45) is 5.89 Å². The number of amides is 2. The lowest BCUT2D eigenvalue weighted by atomic mass is 9.98. The number of benzene rings is 6. The molecule has 2 amide bonds. The van der Waals surface area contributed by atoms with Gasteiger partial charge in [0.1, 0.15) is 24.6 Å². The van der Waals surface area contributed by atoms with Gasteiger partial charge in [-0.25, -0.2) is 8.78 Å². The van der Waals surface area contributed by atoms with Crippen molar-refractivity contribution in [2.45, 2.75) is 134 Å². The van der Waals surface area contributed by atoms with Crippen LogP contribution in [-0.4, -0.2) is 103 Å². The minimum Gasteiger partial charge on any atom is -0.336 e. The predicted molar refractivity (Wildman–Crippen MR) is 362 cm³/mol. The van der Waals surface area contributed by atoms with Gasteiger partial charge in [-0.3, -0.25) is 19.2 Å². The lowest BCUT2D eigenvalue weighted by molar-refractivity contribution is -0.138. The molecule has 22 heteroatoms. The van der Waals surface area contributed by atoms with Gasteiger partial charge in [-0.05, 0) is 169 Å². The molecule has 1 atom stereocenters. The quantitative estimate of drug-likeness (QED) is 0.0295. The largest absolute Gasteiger partial charge is 0.416 e. The zero-order chi connectivity index (χ0) is 101. The molecule has 0 aliphatic heterocycles. The van der Waals surface area contributed by atoms with Crippen molar-refractivity contribution in [1.82, 2.24) is 38.7 Å². The van der Waals surface area contributed by atoms with E-state index in [1.807, 2.05) is 0 Å². The van der Waals surface area contributed by atoms with Crippen LogP contribution in [0.2, 0.25) is 0 Å². The summed E-state index contributed by atoms with van der Waals surface area (Å²) in [6.07, 6.45) is -16.5. The SMILES string of the molecule is [2H]c1c([2H])c(C([2H])([2H])Sc2nc(=O)c3c(n2C([2H])([2H])C(=O)N(CCN(C([2H])([2H])C)C([2H])([2H])C)Cc2c([2H])c([2H])c(-c4c([2H])c([2H])c(C(F)(F)F)c([2H])c4[2H])c([2H])c2C)CCC3)c([2H])c([2H])c1F.[2H]c1c([2H])c(C([2H])([2H])Sc2nc(=O)c3c(n2C([2H])([2H])C(=O)N(CCN(C([2H])([2H])C)C([2H])([2H])C)Cc2ccc(-c4ccc(C(F)(F)F)cc4)cc2)C([2H])([2H])C([2H])(C)C3([2H])[2H])c([2H])c([2H])c1F. The lowest BCUT2D eigenvalue weighted by Crippen LogP contribution is -2.40. The molecule has 8 aromatic rings. The van der Waals surface area contributed by atoms with E-state index in [0.717, 1.165) is 58.6 Å². The number of nitrogens with zero attached hydrogens (tertiary/aromatic N) is 8. The summed E-state index contributed by atoms with van der Waals surface area (Å²) < 4.78 is 418. The third-order valence-electron chi connectivity index (χ3n) is 14.2. The summed E-state index contributed by atoms with van der Waals surface area (Å²) in [4.78, 5) is 67.2. The molecule has 0 saturated heterocycles. The van der Waals surface area contributed by atoms with Crippen LogP contribution in [0.25, 0.3) is 22.3 Å². The highest BCUT2D eigenvalue weighted by molar-refractivity contribution is 7.98. The Bertz CT molecular complexity index is 5900. The van der Waals surface area contributed by atoms with E-state index in [1.54, 1.807) is 0 Å². The topological polar surface area (TPSA) is 117 Å². The molecule has 96 heavy (non-hydrogen) atoms. The van der Waals surface area contributed by atoms with Gasteiger partial charge in [-0.15, -0.1) is 0 Å². The summed E-state index contributed by atoms with van der Waals surface area (Å²) in [5.41, 5.74) is -18.3. The minimum absolute atomic E-state index is 0.0178. The van der Waals surface area contributed by atoms with Crippen LogP contribution in [0.4, 0.5) is 35.1 Å². The Labute approximate surface area is 614 Å². The third-order valence-corrected chi connectivity index (χ3v) is 15.7. The maximum absolute atomic E-state index is 15.0. The lowest BCUT2D eigenvalue weighted by Gasteiger charge is -2.28. The van der Waals surface area contributed by atoms with Crippen molar-refractivity contribution in [1.29, 1.82) is 0 Å². The molecule has 1 unspecified atom stereocenters. The Morgan fingerprint density at radius 3 is 1.54 bits per heavy atom. The number of carbonyl (C=O) groups is 2. The first-order valence-electron chi connectivity index (χ1n) is 46.7. The Hall–Kier alpha value is -7.92. The highest BCUT2D eigenvalue weighted by Crippen LogP contribution is 2.35. The Morgan fingerprint density at radius 2 is 1.04 bits per heavy atom. The highest BCUT2D eigenvalue weighted by Gasteiger charge is 2.33. The van der Waals surface area contributed by atoms with Gasteiger partial charge >= 0.3 is 12.4 Å². The molecule has 10 rings (SSSR count). The molecule has 0 N–H and O–H groups in total. The second-order valence-electron chi connectivity index (χ2n) is 20.5. The summed E-state index contributed by atoms with van der Waals surface area (Å²) in [5, 5.41) is -2.10. The van der Waals surface area contributed by atoms with Crippen LogP contribution in [0, 0.1) is 24.5 Å². The number of carbonyl (C=O) groups excluding carboxylic acids is 2. The van der Waals surface area contributed by atoms with E-state index in [2.05, 4.69) is 9.97 Å². The number of rotatable bonds is 26. The molecule has 508 valence electrons. The van der Waals surface area contributed by atoms with E-state index in [0.29, 0.717) is 30.4 Å². The molecule has 0 bridgehead atoms. The van der Waals surface area contributed by atoms with E-state index in [1.165, 1.54) is 36.4 Å². The van der Waals surface area contributed by atoms with Crippen molar-refractivity contribution in [3.63, 3.8) is 0 Å². The van der Waals surface area contributed by atoms with Crippen molar-refractivity contribution in [2.75, 3.05) is 52.2 Å². The van der Waals surface area contributed by atoms with E-state index in [9.17, 15) is 59.8 Å². The van der Waals surface area contributed by atoms with Gasteiger partial charge in [0.15, 0.2) is 10.3 Å². The molecule has 0 radical (unpaired) electrons. The zero-order valence-corrected chi connectivity index (χ0v) is 53.2. The molecule has 2 aliphatic carbocycles. The minimum atomic E-state index is -5.34. The molecular weight excluding hydrogens is 1280 g/mol. The number of fused-ring (bicyclic) bond motifs is 2. The Balaban J connectivity index is 0.000000297. The van der Waals surface area contributed by atoms with Crippen LogP contribution < -0.4 is 11.1 Å². The maximum atomic E-state index is 15.0. The standard InChI is InChI=1S/2C37H40F4N4O2S/c1-4-43(5-2)18-19-44(22-26-6-10-28(11-7-26)29-12-14-30(15-13-29)37(39,40)41)34(46)23-45-33-21-25(3)20-32(33)35(47)42-36(45)48-24-27-8-16-31(38)17-9-27;1-4-43(5-2)19-20-44(22-29-12-11-28(21-25(29)3)27-13-15-30(16-14-27)37(39,40)41)34(46)23-45-33-8-6-7-32(33)35(47)42-36(45)48-24-26-9-17-31(38)18-10-26/h6-17,25H,4-5,18-24H2,1-3H3;9-18,21H,4-8,19-20,22-24H2,1-3H3/i4D2,5D2,8D,9D,16D,17D,20D2,21D2,23D2,24D2,25D;4D2,5D2,9D,10D,11D,12D,13D,14D,15D,16D,17D,18D,21D,23D2,24D2. The van der Waals surface area contributed by atoms with Crippen LogP contribution in [0.15, 0.2) is 159 Å². The molecule has 0 spiro atoms. The van der Waals surface area contributed by atoms with Gasteiger partial charge in [-0.1, -0.05) is 149 Å². The first-order valence-corrected chi connectivity index (χ1v) is 30.3. The second kappa shape index (κ2) is 32.9. The zero-order valence-electron chi connectivity index (χ0n) is 87.5. The van der Waals surface area contributed by atoms with Gasteiger partial charge in [0.25, 0.3) is 11.1 Å². The van der Waals surface area contributed by atoms with Crippen LogP contribution in [0.1, 0.15) is 152 Å². The number of hydrogen-bond donors (Lipinski definition) is 0. The molecule has 2 aliphatic rings. The third kappa shape index (κ3) is 19.0. The monoisotopic (exact) mass is 1400 g/mol. The van der Waals surface area contributed by atoms with Crippen LogP contribution >= 0.6 is 23.5 Å². The molecular formula is C74H80F8N8O4S2. The number of aromatic nitrogens is 4. The average Bonchev–Trinajstić information content (AvgIpc) is 1.51. The van der Waals surface area contributed by atoms with E-state index >= 15 is 0 Å². The first-order chi connectivity index (χ1) is 59.7. The van der Waals surface area contributed by atoms with Gasteiger partial charge in [0.05, 0.1) is 37.2 Å². The van der Waals surface area contributed by atoms with Crippen molar-refractivity contribution >= 4 is 35.3 Å². The molecule has 12 nitrogen and oxygen atoms in total. The number of thioether (sulfide) groups is 2. The fourth-order valence-electron chi connectivity index (χ4n) is 9.30. The molecule has 0 fully saturated rings.